The summed E-state index contributed by atoms with van der Waals surface area (Å²) < 4.78 is 35.3. The number of carboxylic acid groups (broad SMARTS) is 1. The molecule has 1 aromatic rings. The van der Waals surface area contributed by atoms with Gasteiger partial charge in [0.15, 0.2) is 0 Å². The van der Waals surface area contributed by atoms with Crippen LogP contribution in [0, 0.1) is 5.92 Å². The van der Waals surface area contributed by atoms with Gasteiger partial charge < -0.3 is 19.3 Å². The van der Waals surface area contributed by atoms with Crippen molar-refractivity contribution in [2.75, 3.05) is 14.1 Å². The van der Waals surface area contributed by atoms with E-state index < -0.39 is 54.3 Å². The molecule has 1 aromatic heterocycles. The molecule has 0 spiro atoms. The van der Waals surface area contributed by atoms with Crippen molar-refractivity contribution < 1.29 is 37.5 Å². The van der Waals surface area contributed by atoms with E-state index in [1.807, 2.05) is 13.8 Å². The molecule has 0 unspecified atom stereocenters. The number of alkyl halides is 2. The Balaban J connectivity index is 3.10. The maximum absolute atomic E-state index is 13.2. The lowest BCUT2D eigenvalue weighted by atomic mass is 10.0. The smallest absolute Gasteiger partial charge is 0.410 e. The normalized spacial score (nSPS) is 13.8. The van der Waals surface area contributed by atoms with Gasteiger partial charge in [-0.25, -0.2) is 18.4 Å². The van der Waals surface area contributed by atoms with Crippen LogP contribution in [0.15, 0.2) is 4.52 Å². The molecule has 0 fully saturated rings. The molecule has 0 aromatic carbocycles. The number of aromatic nitrogens is 2. The maximum Gasteiger partial charge on any atom is 0.410 e. The van der Waals surface area contributed by atoms with Gasteiger partial charge >= 0.3 is 18.5 Å². The monoisotopic (exact) mass is 448 g/mol. The average Bonchev–Trinajstić information content (AvgIpc) is 3.09. The molecule has 31 heavy (non-hydrogen) atoms. The van der Waals surface area contributed by atoms with Crippen molar-refractivity contribution in [1.82, 2.24) is 19.9 Å². The van der Waals surface area contributed by atoms with Gasteiger partial charge in [-0.15, -0.1) is 0 Å². The number of carbonyl (C=O) groups is 3. The molecular weight excluding hydrogens is 418 g/mol. The molecule has 0 aliphatic rings. The van der Waals surface area contributed by atoms with E-state index in [0.29, 0.717) is 0 Å². The van der Waals surface area contributed by atoms with Crippen LogP contribution >= 0.6 is 0 Å². The van der Waals surface area contributed by atoms with E-state index >= 15 is 0 Å². The number of carbonyl (C=O) groups excluding carboxylic acids is 2. The number of ether oxygens (including phenoxy) is 1. The number of hydrogen-bond donors (Lipinski definition) is 1. The highest BCUT2D eigenvalue weighted by molar-refractivity contribution is 5.89. The zero-order valence-electron chi connectivity index (χ0n) is 18.8. The van der Waals surface area contributed by atoms with Gasteiger partial charge in [-0.3, -0.25) is 9.69 Å². The van der Waals surface area contributed by atoms with Crippen molar-refractivity contribution >= 4 is 18.0 Å². The zero-order valence-corrected chi connectivity index (χ0v) is 18.8. The summed E-state index contributed by atoms with van der Waals surface area (Å²) in [6.07, 6.45) is -3.92. The summed E-state index contributed by atoms with van der Waals surface area (Å²) in [5.74, 6) is -3.25. The fourth-order valence-corrected chi connectivity index (χ4v) is 2.72. The standard InChI is InChI=1S/C19H30F2N4O6/c1-10(2)8-11(25(7)18(29)30-19(3,4)5)16(26)24(6)12(17(27)28)9-13-22-15(14(20)21)23-31-13/h10-12,14H,8-9H2,1-7H3,(H,27,28)/t11-,12+/m0/s1. The van der Waals surface area contributed by atoms with Gasteiger partial charge in [0, 0.05) is 14.1 Å². The molecule has 10 nitrogen and oxygen atoms in total. The van der Waals surface area contributed by atoms with E-state index in [4.69, 9.17) is 4.74 Å². The Morgan fingerprint density at radius 1 is 1.13 bits per heavy atom. The lowest BCUT2D eigenvalue weighted by molar-refractivity contribution is -0.151. The first-order valence-corrected chi connectivity index (χ1v) is 9.70. The lowest BCUT2D eigenvalue weighted by Gasteiger charge is -2.34. The predicted molar refractivity (Wildman–Crippen MR) is 104 cm³/mol. The van der Waals surface area contributed by atoms with E-state index in [2.05, 4.69) is 14.7 Å². The fraction of sp³-hybridized carbons (Fsp3) is 0.737. The largest absolute Gasteiger partial charge is 0.480 e. The minimum absolute atomic E-state index is 0.0000511. The summed E-state index contributed by atoms with van der Waals surface area (Å²) in [6, 6.07) is -2.47. The average molecular weight is 448 g/mol. The molecule has 0 saturated heterocycles. The molecule has 0 aliphatic carbocycles. The number of halogens is 2. The maximum atomic E-state index is 13.2. The van der Waals surface area contributed by atoms with E-state index in [-0.39, 0.29) is 18.2 Å². The zero-order chi connectivity index (χ0) is 24.1. The third-order valence-electron chi connectivity index (χ3n) is 4.28. The highest BCUT2D eigenvalue weighted by Crippen LogP contribution is 2.20. The van der Waals surface area contributed by atoms with Gasteiger partial charge in [0.25, 0.3) is 0 Å². The summed E-state index contributed by atoms with van der Waals surface area (Å²) in [5, 5.41) is 12.7. The van der Waals surface area contributed by atoms with E-state index in [1.165, 1.54) is 14.1 Å². The molecule has 2 amide bonds. The van der Waals surface area contributed by atoms with Crippen molar-refractivity contribution in [3.63, 3.8) is 0 Å². The van der Waals surface area contributed by atoms with Gasteiger partial charge in [0.1, 0.15) is 17.7 Å². The molecule has 1 heterocycles. The van der Waals surface area contributed by atoms with E-state index in [0.717, 1.165) is 9.80 Å². The van der Waals surface area contributed by atoms with Gasteiger partial charge in [-0.1, -0.05) is 19.0 Å². The fourth-order valence-electron chi connectivity index (χ4n) is 2.72. The van der Waals surface area contributed by atoms with Crippen LogP contribution in [-0.2, 0) is 20.7 Å². The molecule has 2 atom stereocenters. The predicted octanol–water partition coefficient (Wildman–Crippen LogP) is 2.74. The number of rotatable bonds is 9. The van der Waals surface area contributed by atoms with Crippen LogP contribution in [0.3, 0.4) is 0 Å². The summed E-state index contributed by atoms with van der Waals surface area (Å²) in [4.78, 5) is 43.0. The summed E-state index contributed by atoms with van der Waals surface area (Å²) in [6.45, 7) is 8.75. The van der Waals surface area contributed by atoms with Gasteiger partial charge in [0.05, 0.1) is 6.42 Å². The number of aliphatic carboxylic acids is 1. The summed E-state index contributed by atoms with van der Waals surface area (Å²) in [7, 11) is 2.65. The Morgan fingerprint density at radius 2 is 1.71 bits per heavy atom. The van der Waals surface area contributed by atoms with Crippen molar-refractivity contribution in [2.24, 2.45) is 5.92 Å². The van der Waals surface area contributed by atoms with Gasteiger partial charge in [-0.2, -0.15) is 4.98 Å². The van der Waals surface area contributed by atoms with Crippen molar-refractivity contribution in [1.29, 1.82) is 0 Å². The van der Waals surface area contributed by atoms with Crippen molar-refractivity contribution in [2.45, 2.75) is 71.6 Å². The van der Waals surface area contributed by atoms with Crippen molar-refractivity contribution in [3.8, 4) is 0 Å². The van der Waals surface area contributed by atoms with Crippen LogP contribution in [0.5, 0.6) is 0 Å². The number of hydrogen-bond acceptors (Lipinski definition) is 7. The third-order valence-corrected chi connectivity index (χ3v) is 4.28. The highest BCUT2D eigenvalue weighted by atomic mass is 19.3. The second kappa shape index (κ2) is 10.5. The molecule has 1 N–H and O–H groups in total. The minimum atomic E-state index is -2.97. The number of nitrogens with zero attached hydrogens (tertiary/aromatic N) is 4. The van der Waals surface area contributed by atoms with E-state index in [9.17, 15) is 28.3 Å². The van der Waals surface area contributed by atoms with Crippen LogP contribution in [0.1, 0.15) is 59.2 Å². The molecule has 0 radical (unpaired) electrons. The Hall–Kier alpha value is -2.79. The van der Waals surface area contributed by atoms with Gasteiger partial charge in [-0.05, 0) is 33.1 Å². The molecular formula is C19H30F2N4O6. The highest BCUT2D eigenvalue weighted by Gasteiger charge is 2.37. The molecule has 12 heteroatoms. The number of amides is 2. The first-order chi connectivity index (χ1) is 14.1. The van der Waals surface area contributed by atoms with Crippen LogP contribution in [-0.4, -0.2) is 74.8 Å². The second-order valence-corrected chi connectivity index (χ2v) is 8.59. The number of likely N-dealkylation sites (N-methyl/N-ethyl adjacent to an activating group) is 2. The summed E-state index contributed by atoms with van der Waals surface area (Å²) >= 11 is 0. The summed E-state index contributed by atoms with van der Waals surface area (Å²) in [5.41, 5.74) is -0.785. The molecule has 1 rings (SSSR count). The van der Waals surface area contributed by atoms with Crippen LogP contribution in [0.4, 0.5) is 13.6 Å². The molecule has 176 valence electrons. The van der Waals surface area contributed by atoms with Gasteiger partial charge in [0.2, 0.25) is 17.6 Å². The molecule has 0 bridgehead atoms. The Labute approximate surface area is 179 Å². The molecule has 0 aliphatic heterocycles. The SMILES string of the molecule is CC(C)C[C@@H](C(=O)N(C)[C@H](Cc1nc(C(F)F)no1)C(=O)O)N(C)C(=O)OC(C)(C)C. The Kier molecular flexibility index (Phi) is 8.88. The van der Waals surface area contributed by atoms with E-state index in [1.54, 1.807) is 20.8 Å². The first-order valence-electron chi connectivity index (χ1n) is 9.70. The van der Waals surface area contributed by atoms with Crippen molar-refractivity contribution in [3.05, 3.63) is 11.7 Å². The Morgan fingerprint density at radius 3 is 2.13 bits per heavy atom. The number of carboxylic acids is 1. The minimum Gasteiger partial charge on any atom is -0.480 e. The first kappa shape index (κ1) is 26.2. The topological polar surface area (TPSA) is 126 Å². The lowest BCUT2D eigenvalue weighted by Crippen LogP contribution is -2.54. The Bertz CT molecular complexity index is 778. The third kappa shape index (κ3) is 7.76. The van der Waals surface area contributed by atoms with Crippen LogP contribution in [0.2, 0.25) is 0 Å². The molecule has 0 saturated carbocycles. The van der Waals surface area contributed by atoms with Crippen LogP contribution < -0.4 is 0 Å². The second-order valence-electron chi connectivity index (χ2n) is 8.59. The quantitative estimate of drug-likeness (QED) is 0.611. The van der Waals surface area contributed by atoms with Crippen LogP contribution in [0.25, 0.3) is 0 Å².